The van der Waals surface area contributed by atoms with Gasteiger partial charge in [-0.25, -0.2) is 0 Å². The highest BCUT2D eigenvalue weighted by Gasteiger charge is 2.30. The molecule has 0 aromatic heterocycles. The molecule has 1 heteroatoms. The third-order valence-corrected chi connectivity index (χ3v) is 2.65. The summed E-state index contributed by atoms with van der Waals surface area (Å²) in [6.07, 6.45) is 2.15. The average molecular weight is 176 g/mol. The first-order valence-electron chi connectivity index (χ1n) is 4.93. The predicted octanol–water partition coefficient (Wildman–Crippen LogP) is 2.75. The molecule has 0 bridgehead atoms. The van der Waals surface area contributed by atoms with E-state index in [1.165, 1.54) is 24.0 Å². The maximum absolute atomic E-state index is 9.91. The van der Waals surface area contributed by atoms with E-state index in [0.717, 1.165) is 5.56 Å². The summed E-state index contributed by atoms with van der Waals surface area (Å²) in [4.78, 5) is 0. The van der Waals surface area contributed by atoms with Crippen molar-refractivity contribution in [1.82, 2.24) is 0 Å². The number of hydrogen-bond acceptors (Lipinski definition) is 1. The van der Waals surface area contributed by atoms with Gasteiger partial charge in [0.05, 0.1) is 6.10 Å². The van der Waals surface area contributed by atoms with Gasteiger partial charge in [-0.3, -0.25) is 0 Å². The number of benzene rings is 1. The Bertz CT molecular complexity index is 293. The second-order valence-corrected chi connectivity index (χ2v) is 4.20. The molecule has 1 aliphatic carbocycles. The van der Waals surface area contributed by atoms with Gasteiger partial charge in [-0.2, -0.15) is 0 Å². The largest absolute Gasteiger partial charge is 0.388 e. The summed E-state index contributed by atoms with van der Waals surface area (Å²) in [7, 11) is 0. The summed E-state index contributed by atoms with van der Waals surface area (Å²) in [5.41, 5.74) is 3.59. The van der Waals surface area contributed by atoms with Crippen LogP contribution in [0.3, 0.4) is 0 Å². The van der Waals surface area contributed by atoms with Gasteiger partial charge in [0.15, 0.2) is 0 Å². The molecular weight excluding hydrogens is 160 g/mol. The van der Waals surface area contributed by atoms with E-state index in [-0.39, 0.29) is 6.10 Å². The van der Waals surface area contributed by atoms with E-state index in [9.17, 15) is 5.11 Å². The standard InChI is InChI=1S/C12H16O/c1-8-5-9(2)7-11(6-8)12(13)10-3-4-10/h5-7,10,12-13H,3-4H2,1-2H3. The molecule has 2 rings (SSSR count). The molecule has 70 valence electrons. The van der Waals surface area contributed by atoms with Gasteiger partial charge >= 0.3 is 0 Å². The molecule has 0 amide bonds. The van der Waals surface area contributed by atoms with E-state index in [2.05, 4.69) is 32.0 Å². The lowest BCUT2D eigenvalue weighted by molar-refractivity contribution is 0.153. The van der Waals surface area contributed by atoms with Crippen LogP contribution in [0.4, 0.5) is 0 Å². The van der Waals surface area contributed by atoms with Crippen LogP contribution in [-0.2, 0) is 0 Å². The van der Waals surface area contributed by atoms with Crippen molar-refractivity contribution in [2.75, 3.05) is 0 Å². The Morgan fingerprint density at radius 2 is 1.69 bits per heavy atom. The monoisotopic (exact) mass is 176 g/mol. The van der Waals surface area contributed by atoms with Crippen LogP contribution in [0.25, 0.3) is 0 Å². The molecule has 0 spiro atoms. The lowest BCUT2D eigenvalue weighted by Gasteiger charge is -2.11. The smallest absolute Gasteiger partial charge is 0.0818 e. The summed E-state index contributed by atoms with van der Waals surface area (Å²) < 4.78 is 0. The minimum Gasteiger partial charge on any atom is -0.388 e. The summed E-state index contributed by atoms with van der Waals surface area (Å²) >= 11 is 0. The van der Waals surface area contributed by atoms with Gasteiger partial charge in [0.1, 0.15) is 0 Å². The highest BCUT2D eigenvalue weighted by molar-refractivity contribution is 5.30. The SMILES string of the molecule is Cc1cc(C)cc(C(O)C2CC2)c1. The fraction of sp³-hybridized carbons (Fsp3) is 0.500. The number of aliphatic hydroxyl groups excluding tert-OH is 1. The van der Waals surface area contributed by atoms with Crippen LogP contribution in [-0.4, -0.2) is 5.11 Å². The molecule has 1 saturated carbocycles. The van der Waals surface area contributed by atoms with E-state index in [0.29, 0.717) is 5.92 Å². The summed E-state index contributed by atoms with van der Waals surface area (Å²) in [5, 5.41) is 9.91. The highest BCUT2D eigenvalue weighted by atomic mass is 16.3. The molecule has 0 heterocycles. The van der Waals surface area contributed by atoms with Crippen LogP contribution < -0.4 is 0 Å². The third kappa shape index (κ3) is 1.92. The van der Waals surface area contributed by atoms with Gasteiger partial charge in [-0.1, -0.05) is 29.3 Å². The van der Waals surface area contributed by atoms with E-state index < -0.39 is 0 Å². The van der Waals surface area contributed by atoms with Crippen LogP contribution in [0.2, 0.25) is 0 Å². The number of aliphatic hydroxyl groups is 1. The Morgan fingerprint density at radius 1 is 1.15 bits per heavy atom. The molecule has 1 aliphatic rings. The molecule has 1 atom stereocenters. The van der Waals surface area contributed by atoms with Crippen molar-refractivity contribution in [1.29, 1.82) is 0 Å². The second-order valence-electron chi connectivity index (χ2n) is 4.20. The molecule has 13 heavy (non-hydrogen) atoms. The highest BCUT2D eigenvalue weighted by Crippen LogP contribution is 2.41. The van der Waals surface area contributed by atoms with Gasteiger partial charge in [-0.15, -0.1) is 0 Å². The molecule has 1 aromatic carbocycles. The Kier molecular flexibility index (Phi) is 2.12. The molecular formula is C12H16O. The van der Waals surface area contributed by atoms with E-state index in [1.54, 1.807) is 0 Å². The summed E-state index contributed by atoms with van der Waals surface area (Å²) in [6.45, 7) is 4.16. The topological polar surface area (TPSA) is 20.2 Å². The Morgan fingerprint density at radius 3 is 2.15 bits per heavy atom. The lowest BCUT2D eigenvalue weighted by atomic mass is 10.0. The van der Waals surface area contributed by atoms with Crippen molar-refractivity contribution >= 4 is 0 Å². The quantitative estimate of drug-likeness (QED) is 0.734. The minimum atomic E-state index is -0.224. The number of aryl methyl sites for hydroxylation is 2. The van der Waals surface area contributed by atoms with Crippen molar-refractivity contribution in [3.8, 4) is 0 Å². The molecule has 1 aromatic rings. The lowest BCUT2D eigenvalue weighted by Crippen LogP contribution is -2.00. The summed E-state index contributed by atoms with van der Waals surface area (Å²) in [5.74, 6) is 0.529. The van der Waals surface area contributed by atoms with E-state index in [4.69, 9.17) is 0 Å². The number of hydrogen-bond donors (Lipinski definition) is 1. The average Bonchev–Trinajstić information content (AvgIpc) is 2.83. The first-order valence-corrected chi connectivity index (χ1v) is 4.93. The first-order chi connectivity index (χ1) is 6.16. The van der Waals surface area contributed by atoms with Gasteiger partial charge in [0.2, 0.25) is 0 Å². The maximum atomic E-state index is 9.91. The second kappa shape index (κ2) is 3.15. The zero-order valence-electron chi connectivity index (χ0n) is 8.25. The van der Waals surface area contributed by atoms with Crippen molar-refractivity contribution in [2.24, 2.45) is 5.92 Å². The van der Waals surface area contributed by atoms with Crippen LogP contribution in [0.5, 0.6) is 0 Å². The maximum Gasteiger partial charge on any atom is 0.0818 e. The molecule has 1 fully saturated rings. The Balaban J connectivity index is 2.27. The van der Waals surface area contributed by atoms with Crippen LogP contribution >= 0.6 is 0 Å². The molecule has 1 unspecified atom stereocenters. The van der Waals surface area contributed by atoms with Gasteiger partial charge < -0.3 is 5.11 Å². The van der Waals surface area contributed by atoms with Crippen molar-refractivity contribution in [2.45, 2.75) is 32.8 Å². The molecule has 0 aliphatic heterocycles. The molecule has 0 radical (unpaired) electrons. The first kappa shape index (κ1) is 8.76. The minimum absolute atomic E-state index is 0.224. The molecule has 0 saturated heterocycles. The van der Waals surface area contributed by atoms with Crippen molar-refractivity contribution in [3.63, 3.8) is 0 Å². The Labute approximate surface area is 79.4 Å². The Hall–Kier alpha value is -0.820. The van der Waals surface area contributed by atoms with E-state index in [1.807, 2.05) is 0 Å². The molecule has 1 nitrogen and oxygen atoms in total. The van der Waals surface area contributed by atoms with E-state index >= 15 is 0 Å². The van der Waals surface area contributed by atoms with Crippen molar-refractivity contribution < 1.29 is 5.11 Å². The fourth-order valence-electron chi connectivity index (χ4n) is 1.86. The zero-order valence-corrected chi connectivity index (χ0v) is 8.25. The zero-order chi connectivity index (χ0) is 9.42. The molecule has 1 N–H and O–H groups in total. The number of rotatable bonds is 2. The van der Waals surface area contributed by atoms with Gasteiger partial charge in [0.25, 0.3) is 0 Å². The third-order valence-electron chi connectivity index (χ3n) is 2.65. The predicted molar refractivity (Wildman–Crippen MR) is 53.6 cm³/mol. The normalized spacial score (nSPS) is 18.7. The van der Waals surface area contributed by atoms with Crippen molar-refractivity contribution in [3.05, 3.63) is 34.9 Å². The van der Waals surface area contributed by atoms with Gasteiger partial charge in [-0.05, 0) is 38.2 Å². The summed E-state index contributed by atoms with van der Waals surface area (Å²) in [6, 6.07) is 6.33. The van der Waals surface area contributed by atoms with Crippen LogP contribution in [0.15, 0.2) is 18.2 Å². The van der Waals surface area contributed by atoms with Crippen LogP contribution in [0.1, 0.15) is 35.6 Å². The van der Waals surface area contributed by atoms with Crippen LogP contribution in [0, 0.1) is 19.8 Å². The fourth-order valence-corrected chi connectivity index (χ4v) is 1.86. The van der Waals surface area contributed by atoms with Gasteiger partial charge in [0, 0.05) is 0 Å².